The number of pyridine rings is 1. The summed E-state index contributed by atoms with van der Waals surface area (Å²) in [5.41, 5.74) is 0.819. The maximum atomic E-state index is 4.15. The Bertz CT molecular complexity index is 357. The largest absolute Gasteiger partial charge is 0.220 e. The Labute approximate surface area is 70.2 Å². The highest BCUT2D eigenvalue weighted by atomic mass is 79.9. The molecule has 2 aromatic rings. The molecule has 2 aromatic heterocycles. The molecule has 0 aromatic carbocycles. The smallest absolute Gasteiger partial charge is 0.173 e. The molecule has 0 atom stereocenters. The van der Waals surface area contributed by atoms with E-state index < -0.39 is 0 Å². The molecule has 2 nitrogen and oxygen atoms in total. The summed E-state index contributed by atoms with van der Waals surface area (Å²) in [6.45, 7) is 0. The molecule has 0 saturated carbocycles. The van der Waals surface area contributed by atoms with Crippen molar-refractivity contribution in [3.8, 4) is 0 Å². The van der Waals surface area contributed by atoms with Crippen LogP contribution in [0.5, 0.6) is 0 Å². The van der Waals surface area contributed by atoms with Crippen LogP contribution in [0.2, 0.25) is 0 Å². The first-order valence-corrected chi connectivity index (χ1v) is 4.36. The van der Waals surface area contributed by atoms with E-state index >= 15 is 0 Å². The van der Waals surface area contributed by atoms with Crippen molar-refractivity contribution in [1.29, 1.82) is 0 Å². The summed E-state index contributed by atoms with van der Waals surface area (Å²) in [4.78, 5) is 4.15. The van der Waals surface area contributed by atoms with Crippen LogP contribution in [0.15, 0.2) is 22.1 Å². The first kappa shape index (κ1) is 6.24. The van der Waals surface area contributed by atoms with Crippen LogP contribution in [0.4, 0.5) is 0 Å². The van der Waals surface area contributed by atoms with Gasteiger partial charge in [-0.3, -0.25) is 0 Å². The van der Waals surface area contributed by atoms with Gasteiger partial charge in [0.15, 0.2) is 5.65 Å². The van der Waals surface area contributed by atoms with E-state index in [4.69, 9.17) is 0 Å². The van der Waals surface area contributed by atoms with Gasteiger partial charge in [0.1, 0.15) is 4.60 Å². The van der Waals surface area contributed by atoms with Gasteiger partial charge in [-0.2, -0.15) is 4.37 Å². The number of fused-ring (bicyclic) bond motifs is 1. The Balaban J connectivity index is 2.86. The maximum absolute atomic E-state index is 4.15. The molecule has 0 N–H and O–H groups in total. The molecular formula is C6H3BrN2S. The minimum absolute atomic E-state index is 0.819. The lowest BCUT2D eigenvalue weighted by atomic mass is 10.4. The molecule has 2 rings (SSSR count). The summed E-state index contributed by atoms with van der Waals surface area (Å²) < 4.78 is 4.92. The molecule has 2 heterocycles. The van der Waals surface area contributed by atoms with E-state index in [1.165, 1.54) is 11.5 Å². The Kier molecular flexibility index (Phi) is 1.43. The summed E-state index contributed by atoms with van der Waals surface area (Å²) in [6, 6.07) is 3.91. The molecular weight excluding hydrogens is 212 g/mol. The normalized spacial score (nSPS) is 10.5. The second-order valence-electron chi connectivity index (χ2n) is 1.86. The van der Waals surface area contributed by atoms with Crippen LogP contribution in [0.3, 0.4) is 0 Å². The van der Waals surface area contributed by atoms with Crippen molar-refractivity contribution < 1.29 is 0 Å². The second kappa shape index (κ2) is 2.29. The highest BCUT2D eigenvalue weighted by Gasteiger charge is 1.95. The van der Waals surface area contributed by atoms with E-state index in [1.807, 2.05) is 17.5 Å². The number of nitrogens with zero attached hydrogens (tertiary/aromatic N) is 2. The molecule has 0 amide bonds. The minimum Gasteiger partial charge on any atom is -0.220 e. The zero-order valence-electron chi connectivity index (χ0n) is 4.91. The monoisotopic (exact) mass is 214 g/mol. The van der Waals surface area contributed by atoms with Gasteiger partial charge in [-0.1, -0.05) is 0 Å². The van der Waals surface area contributed by atoms with Crippen LogP contribution in [0.25, 0.3) is 11.0 Å². The molecule has 10 heavy (non-hydrogen) atoms. The molecule has 4 heteroatoms. The van der Waals surface area contributed by atoms with Gasteiger partial charge in [-0.05, 0) is 39.6 Å². The molecule has 50 valence electrons. The standard InChI is InChI=1S/C6H3BrN2S/c7-5-2-1-4-3-10-9-6(4)8-5/h1-3H. The summed E-state index contributed by atoms with van der Waals surface area (Å²) >= 11 is 4.70. The summed E-state index contributed by atoms with van der Waals surface area (Å²) in [5.74, 6) is 0. The van der Waals surface area contributed by atoms with Gasteiger partial charge in [-0.15, -0.1) is 0 Å². The summed E-state index contributed by atoms with van der Waals surface area (Å²) in [7, 11) is 0. The van der Waals surface area contributed by atoms with Crippen molar-refractivity contribution in [2.24, 2.45) is 0 Å². The van der Waals surface area contributed by atoms with Crippen molar-refractivity contribution in [2.45, 2.75) is 0 Å². The first-order valence-electron chi connectivity index (χ1n) is 2.73. The van der Waals surface area contributed by atoms with E-state index in [2.05, 4.69) is 25.3 Å². The molecule has 0 saturated heterocycles. The number of rotatable bonds is 0. The fraction of sp³-hybridized carbons (Fsp3) is 0. The number of halogens is 1. The van der Waals surface area contributed by atoms with E-state index in [1.54, 1.807) is 0 Å². The van der Waals surface area contributed by atoms with Crippen LogP contribution in [-0.2, 0) is 0 Å². The van der Waals surface area contributed by atoms with E-state index in [0.717, 1.165) is 15.6 Å². The van der Waals surface area contributed by atoms with Crippen molar-refractivity contribution in [1.82, 2.24) is 9.36 Å². The Morgan fingerprint density at radius 3 is 3.20 bits per heavy atom. The number of hydrogen-bond acceptors (Lipinski definition) is 3. The fourth-order valence-electron chi connectivity index (χ4n) is 0.734. The van der Waals surface area contributed by atoms with Crippen molar-refractivity contribution >= 4 is 38.5 Å². The quantitative estimate of drug-likeness (QED) is 0.631. The average Bonchev–Trinajstić information content (AvgIpc) is 2.33. The first-order chi connectivity index (χ1) is 4.86. The Hall–Kier alpha value is -0.480. The SMILES string of the molecule is Brc1ccc2csnc2n1. The molecule has 0 aliphatic carbocycles. The lowest BCUT2D eigenvalue weighted by molar-refractivity contribution is 1.32. The molecule has 0 unspecified atom stereocenters. The predicted octanol–water partition coefficient (Wildman–Crippen LogP) is 2.45. The van der Waals surface area contributed by atoms with E-state index in [9.17, 15) is 0 Å². The molecule has 0 bridgehead atoms. The second-order valence-corrected chi connectivity index (χ2v) is 3.30. The van der Waals surface area contributed by atoms with Gasteiger partial charge < -0.3 is 0 Å². The fourth-order valence-corrected chi connectivity index (χ4v) is 1.63. The van der Waals surface area contributed by atoms with E-state index in [-0.39, 0.29) is 0 Å². The highest BCUT2D eigenvalue weighted by molar-refractivity contribution is 9.10. The minimum atomic E-state index is 0.819. The van der Waals surface area contributed by atoms with Gasteiger partial charge in [-0.25, -0.2) is 4.98 Å². The van der Waals surface area contributed by atoms with Crippen LogP contribution in [-0.4, -0.2) is 9.36 Å². The van der Waals surface area contributed by atoms with Crippen LogP contribution >= 0.6 is 27.5 Å². The molecule has 0 fully saturated rings. The zero-order chi connectivity index (χ0) is 6.97. The number of aromatic nitrogens is 2. The molecule has 0 aliphatic heterocycles. The van der Waals surface area contributed by atoms with Crippen molar-refractivity contribution in [3.05, 3.63) is 22.1 Å². The molecule has 0 radical (unpaired) electrons. The predicted molar refractivity (Wildman–Crippen MR) is 45.1 cm³/mol. The Morgan fingerprint density at radius 1 is 1.40 bits per heavy atom. The summed E-state index contributed by atoms with van der Waals surface area (Å²) in [6.07, 6.45) is 0. The highest BCUT2D eigenvalue weighted by Crippen LogP contribution is 2.15. The summed E-state index contributed by atoms with van der Waals surface area (Å²) in [5, 5.41) is 3.09. The molecule has 0 spiro atoms. The topological polar surface area (TPSA) is 25.8 Å². The lowest BCUT2D eigenvalue weighted by Gasteiger charge is -1.86. The van der Waals surface area contributed by atoms with E-state index in [0.29, 0.717) is 0 Å². The van der Waals surface area contributed by atoms with Gasteiger partial charge >= 0.3 is 0 Å². The number of hydrogen-bond donors (Lipinski definition) is 0. The van der Waals surface area contributed by atoms with Crippen LogP contribution in [0, 0.1) is 0 Å². The van der Waals surface area contributed by atoms with Crippen LogP contribution in [0.1, 0.15) is 0 Å². The third kappa shape index (κ3) is 0.932. The van der Waals surface area contributed by atoms with Crippen LogP contribution < -0.4 is 0 Å². The Morgan fingerprint density at radius 2 is 2.30 bits per heavy atom. The third-order valence-corrected chi connectivity index (χ3v) is 2.27. The zero-order valence-corrected chi connectivity index (χ0v) is 7.32. The maximum Gasteiger partial charge on any atom is 0.173 e. The van der Waals surface area contributed by atoms with Gasteiger partial charge in [0, 0.05) is 10.8 Å². The van der Waals surface area contributed by atoms with Gasteiger partial charge in [0.2, 0.25) is 0 Å². The third-order valence-electron chi connectivity index (χ3n) is 1.19. The van der Waals surface area contributed by atoms with Crippen molar-refractivity contribution in [2.75, 3.05) is 0 Å². The van der Waals surface area contributed by atoms with Gasteiger partial charge in [0.05, 0.1) is 0 Å². The lowest BCUT2D eigenvalue weighted by Crippen LogP contribution is -1.74. The van der Waals surface area contributed by atoms with Crippen molar-refractivity contribution in [3.63, 3.8) is 0 Å². The molecule has 0 aliphatic rings. The van der Waals surface area contributed by atoms with Gasteiger partial charge in [0.25, 0.3) is 0 Å². The average molecular weight is 215 g/mol.